The smallest absolute Gasteiger partial charge is 0.419 e. The fourth-order valence-electron chi connectivity index (χ4n) is 4.40. The van der Waals surface area contributed by atoms with Crippen molar-refractivity contribution in [2.75, 3.05) is 49.2 Å². The van der Waals surface area contributed by atoms with E-state index in [9.17, 15) is 17.6 Å². The number of hydrogen-bond acceptors (Lipinski definition) is 7. The third kappa shape index (κ3) is 5.88. The number of pyridine rings is 1. The molecule has 37 heavy (non-hydrogen) atoms. The number of halogens is 5. The Hall–Kier alpha value is -3.18. The van der Waals surface area contributed by atoms with Crippen LogP contribution in [0, 0.1) is 5.82 Å². The molecule has 2 saturated heterocycles. The van der Waals surface area contributed by atoms with Crippen LogP contribution in [0.5, 0.6) is 6.01 Å². The zero-order valence-corrected chi connectivity index (χ0v) is 20.5. The van der Waals surface area contributed by atoms with Crippen LogP contribution >= 0.6 is 11.6 Å². The van der Waals surface area contributed by atoms with Crippen LogP contribution in [0.4, 0.5) is 29.2 Å². The highest BCUT2D eigenvalue weighted by atomic mass is 35.5. The van der Waals surface area contributed by atoms with Crippen LogP contribution in [-0.2, 0) is 10.9 Å². The number of rotatable bonds is 6. The predicted octanol–water partition coefficient (Wildman–Crippen LogP) is 5.23. The summed E-state index contributed by atoms with van der Waals surface area (Å²) in [6, 6.07) is 8.49. The van der Waals surface area contributed by atoms with Gasteiger partial charge < -0.3 is 19.3 Å². The highest BCUT2D eigenvalue weighted by Gasteiger charge is 2.36. The van der Waals surface area contributed by atoms with Gasteiger partial charge >= 0.3 is 12.2 Å². The topological polar surface area (TPSA) is 63.6 Å². The molecule has 2 aliphatic heterocycles. The van der Waals surface area contributed by atoms with Gasteiger partial charge in [-0.3, -0.25) is 0 Å². The molecule has 0 spiro atoms. The first-order chi connectivity index (χ1) is 17.8. The maximum atomic E-state index is 13.7. The minimum absolute atomic E-state index is 0.0380. The van der Waals surface area contributed by atoms with Gasteiger partial charge in [0, 0.05) is 50.6 Å². The lowest BCUT2D eigenvalue weighted by Crippen LogP contribution is -2.47. The van der Waals surface area contributed by atoms with E-state index < -0.39 is 17.6 Å². The molecule has 1 unspecified atom stereocenters. The highest BCUT2D eigenvalue weighted by molar-refractivity contribution is 6.31. The predicted molar refractivity (Wildman–Crippen MR) is 131 cm³/mol. The van der Waals surface area contributed by atoms with Gasteiger partial charge in [0.1, 0.15) is 24.1 Å². The van der Waals surface area contributed by atoms with Crippen LogP contribution in [0.1, 0.15) is 18.4 Å². The van der Waals surface area contributed by atoms with Gasteiger partial charge in [-0.1, -0.05) is 11.6 Å². The summed E-state index contributed by atoms with van der Waals surface area (Å²) in [6.07, 6.45) is -1.33. The molecule has 2 aromatic heterocycles. The monoisotopic (exact) mass is 537 g/mol. The van der Waals surface area contributed by atoms with E-state index in [2.05, 4.69) is 15.0 Å². The molecule has 4 heterocycles. The minimum atomic E-state index is -4.49. The molecular formula is C25H24ClF4N5O2. The number of anilines is 2. The summed E-state index contributed by atoms with van der Waals surface area (Å²) in [5, 5.41) is -0.0380. The van der Waals surface area contributed by atoms with Crippen LogP contribution in [0.2, 0.25) is 5.02 Å². The van der Waals surface area contributed by atoms with Gasteiger partial charge in [0.25, 0.3) is 0 Å². The lowest BCUT2D eigenvalue weighted by molar-refractivity contribution is -0.137. The van der Waals surface area contributed by atoms with E-state index in [4.69, 9.17) is 21.1 Å². The first-order valence-corrected chi connectivity index (χ1v) is 12.3. The molecule has 1 aromatic carbocycles. The van der Waals surface area contributed by atoms with E-state index in [0.29, 0.717) is 56.5 Å². The second-order valence-electron chi connectivity index (χ2n) is 8.82. The van der Waals surface area contributed by atoms with Gasteiger partial charge in [0.2, 0.25) is 0 Å². The molecule has 7 nitrogen and oxygen atoms in total. The Balaban J connectivity index is 1.38. The Bertz CT molecular complexity index is 1250. The average Bonchev–Trinajstić information content (AvgIpc) is 3.42. The molecule has 2 fully saturated rings. The van der Waals surface area contributed by atoms with E-state index in [1.54, 1.807) is 17.0 Å². The molecule has 196 valence electrons. The van der Waals surface area contributed by atoms with Gasteiger partial charge in [-0.15, -0.1) is 0 Å². The van der Waals surface area contributed by atoms with E-state index >= 15 is 0 Å². The molecule has 0 N–H and O–H groups in total. The fourth-order valence-corrected chi connectivity index (χ4v) is 4.58. The normalized spacial score (nSPS) is 18.4. The maximum absolute atomic E-state index is 13.7. The quantitative estimate of drug-likeness (QED) is 0.399. The number of alkyl halides is 3. The first-order valence-electron chi connectivity index (χ1n) is 11.9. The van der Waals surface area contributed by atoms with Crippen molar-refractivity contribution in [2.45, 2.75) is 25.1 Å². The molecule has 5 rings (SSSR count). The third-order valence-corrected chi connectivity index (χ3v) is 6.61. The number of piperazine rings is 1. The summed E-state index contributed by atoms with van der Waals surface area (Å²) < 4.78 is 65.7. The number of hydrogen-bond donors (Lipinski definition) is 0. The van der Waals surface area contributed by atoms with E-state index in [-0.39, 0.29) is 23.0 Å². The summed E-state index contributed by atoms with van der Waals surface area (Å²) in [7, 11) is 0. The SMILES string of the molecule is Fc1ccc(-c2cc(N3CCN(c4ncccc4C(F)(F)F)CC3)nc(OCC3CCCO3)n2)cc1Cl. The van der Waals surface area contributed by atoms with Crippen LogP contribution in [-0.4, -0.2) is 60.4 Å². The summed E-state index contributed by atoms with van der Waals surface area (Å²) in [6.45, 7) is 2.41. The lowest BCUT2D eigenvalue weighted by atomic mass is 10.1. The number of aromatic nitrogens is 3. The molecule has 0 aliphatic carbocycles. The molecule has 3 aromatic rings. The van der Waals surface area contributed by atoms with E-state index in [1.807, 2.05) is 4.90 Å². The first kappa shape index (κ1) is 25.5. The molecule has 0 bridgehead atoms. The summed E-state index contributed by atoms with van der Waals surface area (Å²) in [4.78, 5) is 16.6. The van der Waals surface area contributed by atoms with Crippen molar-refractivity contribution in [3.8, 4) is 17.3 Å². The Morgan fingerprint density at radius 1 is 1.05 bits per heavy atom. The summed E-state index contributed by atoms with van der Waals surface area (Å²) >= 11 is 5.99. The molecule has 0 amide bonds. The molecule has 12 heteroatoms. The molecular weight excluding hydrogens is 514 g/mol. The Morgan fingerprint density at radius 2 is 1.84 bits per heavy atom. The molecule has 1 atom stereocenters. The second kappa shape index (κ2) is 10.7. The Kier molecular flexibility index (Phi) is 7.34. The minimum Gasteiger partial charge on any atom is -0.461 e. The zero-order valence-electron chi connectivity index (χ0n) is 19.7. The Morgan fingerprint density at radius 3 is 2.54 bits per heavy atom. The van der Waals surface area contributed by atoms with Crippen molar-refractivity contribution >= 4 is 23.2 Å². The number of nitrogens with zero attached hydrogens (tertiary/aromatic N) is 5. The average molecular weight is 538 g/mol. The van der Waals surface area contributed by atoms with Crippen LogP contribution in [0.25, 0.3) is 11.3 Å². The van der Waals surface area contributed by atoms with Crippen molar-refractivity contribution in [3.05, 3.63) is 59.0 Å². The van der Waals surface area contributed by atoms with Crippen LogP contribution in [0.3, 0.4) is 0 Å². The molecule has 0 radical (unpaired) electrons. The Labute approximate surface area is 216 Å². The van der Waals surface area contributed by atoms with Gasteiger partial charge in [-0.25, -0.2) is 9.37 Å². The van der Waals surface area contributed by atoms with Crippen molar-refractivity contribution < 1.29 is 27.0 Å². The van der Waals surface area contributed by atoms with Crippen molar-refractivity contribution in [2.24, 2.45) is 0 Å². The molecule has 2 aliphatic rings. The number of benzene rings is 1. The van der Waals surface area contributed by atoms with E-state index in [1.165, 1.54) is 24.4 Å². The summed E-state index contributed by atoms with van der Waals surface area (Å²) in [5.74, 6) is -0.0810. The summed E-state index contributed by atoms with van der Waals surface area (Å²) in [5.41, 5.74) is 0.311. The second-order valence-corrected chi connectivity index (χ2v) is 9.22. The van der Waals surface area contributed by atoms with Crippen molar-refractivity contribution in [1.29, 1.82) is 0 Å². The van der Waals surface area contributed by atoms with Crippen LogP contribution < -0.4 is 14.5 Å². The fraction of sp³-hybridized carbons (Fsp3) is 0.400. The molecule has 0 saturated carbocycles. The largest absolute Gasteiger partial charge is 0.461 e. The standard InChI is InChI=1S/C25H24ClF4N5O2/c26-19-13-16(5-6-20(19)27)21-14-22(33-24(32-21)37-15-17-3-2-12-36-17)34-8-10-35(11-9-34)23-18(25(28,29)30)4-1-7-31-23/h1,4-7,13-14,17H,2-3,8-12,15H2. The number of ether oxygens (including phenoxy) is 2. The highest BCUT2D eigenvalue weighted by Crippen LogP contribution is 2.36. The maximum Gasteiger partial charge on any atom is 0.419 e. The van der Waals surface area contributed by atoms with Crippen molar-refractivity contribution in [3.63, 3.8) is 0 Å². The van der Waals surface area contributed by atoms with Gasteiger partial charge in [0.15, 0.2) is 0 Å². The zero-order chi connectivity index (χ0) is 26.0. The van der Waals surface area contributed by atoms with Gasteiger partial charge in [-0.2, -0.15) is 23.1 Å². The third-order valence-electron chi connectivity index (χ3n) is 6.33. The van der Waals surface area contributed by atoms with Gasteiger partial charge in [-0.05, 0) is 43.2 Å². The lowest BCUT2D eigenvalue weighted by Gasteiger charge is -2.37. The van der Waals surface area contributed by atoms with E-state index in [0.717, 1.165) is 18.9 Å². The van der Waals surface area contributed by atoms with Gasteiger partial charge in [0.05, 0.1) is 22.4 Å². The van der Waals surface area contributed by atoms with Crippen molar-refractivity contribution in [1.82, 2.24) is 15.0 Å². The van der Waals surface area contributed by atoms with Crippen LogP contribution in [0.15, 0.2) is 42.6 Å².